The zero-order valence-corrected chi connectivity index (χ0v) is 14.2. The zero-order valence-electron chi connectivity index (χ0n) is 14.2. The summed E-state index contributed by atoms with van der Waals surface area (Å²) >= 11 is 0. The first-order chi connectivity index (χ1) is 11.1. The van der Waals surface area contributed by atoms with Crippen molar-refractivity contribution in [2.75, 3.05) is 31.2 Å². The van der Waals surface area contributed by atoms with Gasteiger partial charge < -0.3 is 15.0 Å². The van der Waals surface area contributed by atoms with E-state index in [1.165, 1.54) is 16.9 Å². The Hall–Kier alpha value is -1.92. The van der Waals surface area contributed by atoms with Crippen LogP contribution < -0.4 is 10.2 Å². The maximum absolute atomic E-state index is 5.46. The average Bonchev–Trinajstić information content (AvgIpc) is 2.84. The van der Waals surface area contributed by atoms with Crippen LogP contribution in [0.3, 0.4) is 0 Å². The molecule has 6 nitrogen and oxygen atoms in total. The normalized spacial score (nSPS) is 15.2. The van der Waals surface area contributed by atoms with Crippen molar-refractivity contribution in [3.63, 3.8) is 0 Å². The van der Waals surface area contributed by atoms with Gasteiger partial charge in [-0.25, -0.2) is 0 Å². The summed E-state index contributed by atoms with van der Waals surface area (Å²) in [5.74, 6) is 1.21. The summed E-state index contributed by atoms with van der Waals surface area (Å²) < 4.78 is 7.45. The fraction of sp³-hybridized carbons (Fsp3) is 0.529. The monoisotopic (exact) mass is 315 g/mol. The molecule has 23 heavy (non-hydrogen) atoms. The number of rotatable bonds is 5. The van der Waals surface area contributed by atoms with Gasteiger partial charge in [-0.1, -0.05) is 6.07 Å². The van der Waals surface area contributed by atoms with Crippen LogP contribution in [-0.2, 0) is 24.9 Å². The average molecular weight is 315 g/mol. The summed E-state index contributed by atoms with van der Waals surface area (Å²) in [7, 11) is 2.02. The van der Waals surface area contributed by atoms with Gasteiger partial charge in [-0.05, 0) is 25.5 Å². The lowest BCUT2D eigenvalue weighted by molar-refractivity contribution is 0.122. The molecule has 0 atom stereocenters. The van der Waals surface area contributed by atoms with Crippen LogP contribution in [0.15, 0.2) is 18.3 Å². The van der Waals surface area contributed by atoms with Crippen molar-refractivity contribution in [2.24, 2.45) is 7.05 Å². The number of pyridine rings is 1. The Kier molecular flexibility index (Phi) is 4.93. The minimum atomic E-state index is 0.784. The fourth-order valence-corrected chi connectivity index (χ4v) is 3.00. The molecular formula is C17H25N5O. The SMILES string of the molecule is Cc1ccc(CNCc2c(C)nn(C)c2N2CCOCC2)cn1. The molecule has 0 spiro atoms. The number of ether oxygens (including phenoxy) is 1. The first kappa shape index (κ1) is 16.0. The number of nitrogens with zero attached hydrogens (tertiary/aromatic N) is 4. The molecule has 1 N–H and O–H groups in total. The predicted molar refractivity (Wildman–Crippen MR) is 90.5 cm³/mol. The van der Waals surface area contributed by atoms with Crippen molar-refractivity contribution in [2.45, 2.75) is 26.9 Å². The Bertz CT molecular complexity index is 644. The van der Waals surface area contributed by atoms with E-state index in [0.29, 0.717) is 0 Å². The molecule has 0 aromatic carbocycles. The Morgan fingerprint density at radius 2 is 1.96 bits per heavy atom. The molecule has 1 saturated heterocycles. The maximum Gasteiger partial charge on any atom is 0.131 e. The van der Waals surface area contributed by atoms with Crippen molar-refractivity contribution in [3.8, 4) is 0 Å². The highest BCUT2D eigenvalue weighted by atomic mass is 16.5. The van der Waals surface area contributed by atoms with Crippen molar-refractivity contribution < 1.29 is 4.74 Å². The van der Waals surface area contributed by atoms with E-state index in [9.17, 15) is 0 Å². The van der Waals surface area contributed by atoms with Gasteiger partial charge in [0.15, 0.2) is 0 Å². The van der Waals surface area contributed by atoms with E-state index in [0.717, 1.165) is 50.8 Å². The van der Waals surface area contributed by atoms with Gasteiger partial charge in [0.2, 0.25) is 0 Å². The van der Waals surface area contributed by atoms with E-state index >= 15 is 0 Å². The summed E-state index contributed by atoms with van der Waals surface area (Å²) in [5, 5.41) is 8.13. The quantitative estimate of drug-likeness (QED) is 0.907. The molecule has 124 valence electrons. The van der Waals surface area contributed by atoms with Crippen LogP contribution in [0.1, 0.15) is 22.5 Å². The predicted octanol–water partition coefficient (Wildman–Crippen LogP) is 1.56. The molecule has 2 aromatic rings. The molecule has 0 radical (unpaired) electrons. The Balaban J connectivity index is 1.68. The third-order valence-electron chi connectivity index (χ3n) is 4.23. The zero-order chi connectivity index (χ0) is 16.2. The number of hydrogen-bond acceptors (Lipinski definition) is 5. The highest BCUT2D eigenvalue weighted by Crippen LogP contribution is 2.24. The number of aryl methyl sites for hydroxylation is 3. The van der Waals surface area contributed by atoms with Gasteiger partial charge in [0.1, 0.15) is 5.82 Å². The topological polar surface area (TPSA) is 55.2 Å². The second-order valence-electron chi connectivity index (χ2n) is 6.02. The van der Waals surface area contributed by atoms with Gasteiger partial charge in [0, 0.05) is 50.7 Å². The van der Waals surface area contributed by atoms with E-state index in [2.05, 4.69) is 33.3 Å². The van der Waals surface area contributed by atoms with Gasteiger partial charge in [-0.3, -0.25) is 9.67 Å². The molecule has 1 fully saturated rings. The summed E-state index contributed by atoms with van der Waals surface area (Å²) in [4.78, 5) is 6.71. The molecule has 1 aliphatic heterocycles. The standard InChI is InChI=1S/C17H25N5O/c1-13-4-5-15(11-19-13)10-18-12-16-14(2)20-21(3)17(16)22-6-8-23-9-7-22/h4-5,11,18H,6-10,12H2,1-3H3. The Morgan fingerprint density at radius 3 is 2.65 bits per heavy atom. The van der Waals surface area contributed by atoms with Crippen molar-refractivity contribution >= 4 is 5.82 Å². The number of aromatic nitrogens is 3. The molecule has 2 aromatic heterocycles. The van der Waals surface area contributed by atoms with Gasteiger partial charge >= 0.3 is 0 Å². The molecule has 3 rings (SSSR count). The lowest BCUT2D eigenvalue weighted by Gasteiger charge is -2.29. The fourth-order valence-electron chi connectivity index (χ4n) is 3.00. The van der Waals surface area contributed by atoms with Crippen molar-refractivity contribution in [1.29, 1.82) is 0 Å². The highest BCUT2D eigenvalue weighted by Gasteiger charge is 2.20. The van der Waals surface area contributed by atoms with Crippen LogP contribution in [0.4, 0.5) is 5.82 Å². The molecule has 0 amide bonds. The molecule has 0 unspecified atom stereocenters. The van der Waals surface area contributed by atoms with E-state index in [1.807, 2.05) is 30.9 Å². The van der Waals surface area contributed by atoms with Crippen LogP contribution in [-0.4, -0.2) is 41.1 Å². The number of anilines is 1. The molecule has 0 bridgehead atoms. The first-order valence-corrected chi connectivity index (χ1v) is 8.12. The first-order valence-electron chi connectivity index (χ1n) is 8.12. The molecule has 3 heterocycles. The highest BCUT2D eigenvalue weighted by molar-refractivity contribution is 5.50. The van der Waals surface area contributed by atoms with E-state index in [1.54, 1.807) is 0 Å². The summed E-state index contributed by atoms with van der Waals surface area (Å²) in [5.41, 5.74) is 4.61. The second-order valence-corrected chi connectivity index (χ2v) is 6.02. The minimum absolute atomic E-state index is 0.784. The second kappa shape index (κ2) is 7.10. The van der Waals surface area contributed by atoms with Crippen LogP contribution in [0.2, 0.25) is 0 Å². The number of morpholine rings is 1. The summed E-state index contributed by atoms with van der Waals surface area (Å²) in [6.07, 6.45) is 1.93. The van der Waals surface area contributed by atoms with Gasteiger partial charge in [-0.2, -0.15) is 5.10 Å². The van der Waals surface area contributed by atoms with Crippen LogP contribution in [0.5, 0.6) is 0 Å². The third-order valence-corrected chi connectivity index (χ3v) is 4.23. The lowest BCUT2D eigenvalue weighted by Crippen LogP contribution is -2.38. The molecule has 0 aliphatic carbocycles. The summed E-state index contributed by atoms with van der Waals surface area (Å²) in [6.45, 7) is 9.11. The van der Waals surface area contributed by atoms with Crippen LogP contribution in [0.25, 0.3) is 0 Å². The van der Waals surface area contributed by atoms with E-state index < -0.39 is 0 Å². The Morgan fingerprint density at radius 1 is 1.17 bits per heavy atom. The molecular weight excluding hydrogens is 290 g/mol. The van der Waals surface area contributed by atoms with E-state index in [4.69, 9.17) is 4.74 Å². The maximum atomic E-state index is 5.46. The molecule has 6 heteroatoms. The van der Waals surface area contributed by atoms with Crippen LogP contribution >= 0.6 is 0 Å². The number of nitrogens with one attached hydrogen (secondary N) is 1. The van der Waals surface area contributed by atoms with Crippen molar-refractivity contribution in [1.82, 2.24) is 20.1 Å². The third kappa shape index (κ3) is 3.71. The summed E-state index contributed by atoms with van der Waals surface area (Å²) in [6, 6.07) is 4.17. The Labute approximate surface area is 137 Å². The van der Waals surface area contributed by atoms with Gasteiger partial charge in [0.05, 0.1) is 18.9 Å². The largest absolute Gasteiger partial charge is 0.378 e. The lowest BCUT2D eigenvalue weighted by atomic mass is 10.2. The molecule has 0 saturated carbocycles. The minimum Gasteiger partial charge on any atom is -0.378 e. The van der Waals surface area contributed by atoms with Crippen molar-refractivity contribution in [3.05, 3.63) is 40.8 Å². The number of hydrogen-bond donors (Lipinski definition) is 1. The van der Waals surface area contributed by atoms with Gasteiger partial charge in [0.25, 0.3) is 0 Å². The van der Waals surface area contributed by atoms with Gasteiger partial charge in [-0.15, -0.1) is 0 Å². The smallest absolute Gasteiger partial charge is 0.131 e. The van der Waals surface area contributed by atoms with E-state index in [-0.39, 0.29) is 0 Å². The van der Waals surface area contributed by atoms with Crippen LogP contribution in [0, 0.1) is 13.8 Å². The molecule has 1 aliphatic rings.